The van der Waals surface area contributed by atoms with Crippen molar-refractivity contribution in [3.05, 3.63) is 69.2 Å². The number of halogens is 1. The van der Waals surface area contributed by atoms with Crippen molar-refractivity contribution in [2.75, 3.05) is 33.8 Å². The molecule has 1 fully saturated rings. The lowest BCUT2D eigenvalue weighted by molar-refractivity contribution is -0.140. The van der Waals surface area contributed by atoms with Gasteiger partial charge in [-0.05, 0) is 68.9 Å². The third-order valence-corrected chi connectivity index (χ3v) is 5.97. The Hall–Kier alpha value is -2.64. The molecule has 1 N–H and O–H groups in total. The predicted octanol–water partition coefficient (Wildman–Crippen LogP) is 4.53. The lowest BCUT2D eigenvalue weighted by Gasteiger charge is -2.26. The number of aliphatic hydroxyl groups excluding tert-OH is 1. The summed E-state index contributed by atoms with van der Waals surface area (Å²) in [5.74, 6) is -0.721. The van der Waals surface area contributed by atoms with Crippen LogP contribution < -0.4 is 4.74 Å². The Bertz CT molecular complexity index is 1030. The number of ketones is 1. The number of Topliss-reactive ketones (excluding diaryl/α,β-unsaturated/α-hetero) is 1. The molecule has 0 aliphatic carbocycles. The van der Waals surface area contributed by atoms with Crippen molar-refractivity contribution in [1.82, 2.24) is 9.80 Å². The van der Waals surface area contributed by atoms with Crippen LogP contribution in [0.15, 0.2) is 52.5 Å². The van der Waals surface area contributed by atoms with E-state index in [1.54, 1.807) is 17.0 Å². The van der Waals surface area contributed by atoms with E-state index in [2.05, 4.69) is 15.9 Å². The quantitative estimate of drug-likeness (QED) is 0.327. The van der Waals surface area contributed by atoms with Crippen LogP contribution in [-0.4, -0.2) is 60.4 Å². The monoisotopic (exact) mass is 500 g/mol. The summed E-state index contributed by atoms with van der Waals surface area (Å²) in [5.41, 5.74) is 2.17. The van der Waals surface area contributed by atoms with Crippen molar-refractivity contribution in [3.8, 4) is 5.75 Å². The second-order valence-electron chi connectivity index (χ2n) is 8.17. The number of carbonyl (C=O) groups excluding carboxylic acids is 2. The van der Waals surface area contributed by atoms with Crippen LogP contribution in [0.5, 0.6) is 5.75 Å². The largest absolute Gasteiger partial charge is 0.507 e. The van der Waals surface area contributed by atoms with E-state index < -0.39 is 17.7 Å². The number of nitrogens with zero attached hydrogens (tertiary/aromatic N) is 2. The van der Waals surface area contributed by atoms with Gasteiger partial charge in [-0.2, -0.15) is 0 Å². The Morgan fingerprint density at radius 3 is 2.44 bits per heavy atom. The number of amides is 1. The average molecular weight is 501 g/mol. The zero-order chi connectivity index (χ0) is 23.4. The summed E-state index contributed by atoms with van der Waals surface area (Å²) in [4.78, 5) is 29.5. The van der Waals surface area contributed by atoms with Crippen molar-refractivity contribution < 1.29 is 19.4 Å². The Morgan fingerprint density at radius 2 is 1.84 bits per heavy atom. The predicted molar refractivity (Wildman–Crippen MR) is 129 cm³/mol. The van der Waals surface area contributed by atoms with E-state index in [4.69, 9.17) is 4.74 Å². The van der Waals surface area contributed by atoms with Crippen molar-refractivity contribution in [1.29, 1.82) is 0 Å². The number of benzene rings is 2. The Labute approximate surface area is 197 Å². The molecule has 0 radical (unpaired) electrons. The number of hydrogen-bond acceptors (Lipinski definition) is 5. The first-order valence-corrected chi connectivity index (χ1v) is 11.5. The van der Waals surface area contributed by atoms with Gasteiger partial charge >= 0.3 is 0 Å². The van der Waals surface area contributed by atoms with Gasteiger partial charge in [0, 0.05) is 23.1 Å². The Morgan fingerprint density at radius 1 is 1.16 bits per heavy atom. The molecular formula is C25H29BrN2O4. The second kappa shape index (κ2) is 10.3. The molecule has 0 saturated carbocycles. The van der Waals surface area contributed by atoms with Crippen LogP contribution in [0.4, 0.5) is 0 Å². The highest BCUT2D eigenvalue weighted by Crippen LogP contribution is 2.40. The van der Waals surface area contributed by atoms with Gasteiger partial charge < -0.3 is 19.6 Å². The maximum absolute atomic E-state index is 13.1. The van der Waals surface area contributed by atoms with E-state index in [-0.39, 0.29) is 11.3 Å². The zero-order valence-corrected chi connectivity index (χ0v) is 20.5. The third-order valence-electron chi connectivity index (χ3n) is 5.44. The van der Waals surface area contributed by atoms with Crippen LogP contribution in [0, 0.1) is 6.92 Å². The molecule has 2 aromatic carbocycles. The number of hydrogen-bond donors (Lipinski definition) is 1. The molecule has 170 valence electrons. The topological polar surface area (TPSA) is 70.1 Å². The van der Waals surface area contributed by atoms with Crippen molar-refractivity contribution in [2.24, 2.45) is 0 Å². The summed E-state index contributed by atoms with van der Waals surface area (Å²) in [6, 6.07) is 12.2. The minimum atomic E-state index is -0.667. The van der Waals surface area contributed by atoms with Gasteiger partial charge in [0.05, 0.1) is 18.2 Å². The summed E-state index contributed by atoms with van der Waals surface area (Å²) in [6.45, 7) is 5.46. The van der Waals surface area contributed by atoms with Gasteiger partial charge in [0.2, 0.25) is 0 Å². The first-order valence-electron chi connectivity index (χ1n) is 10.7. The SMILES string of the molecule is CCCOc1ccc(C(O)=C2C(=O)C(=O)N(CCN(C)C)[C@H]2c2ccc(Br)cc2)c(C)c1. The smallest absolute Gasteiger partial charge is 0.295 e. The van der Waals surface area contributed by atoms with Gasteiger partial charge in [0.15, 0.2) is 0 Å². The zero-order valence-electron chi connectivity index (χ0n) is 18.9. The highest BCUT2D eigenvalue weighted by Gasteiger charge is 2.46. The van der Waals surface area contributed by atoms with E-state index in [0.29, 0.717) is 31.0 Å². The molecule has 1 aliphatic heterocycles. The number of aryl methyl sites for hydroxylation is 1. The highest BCUT2D eigenvalue weighted by atomic mass is 79.9. The summed E-state index contributed by atoms with van der Waals surface area (Å²) >= 11 is 3.43. The maximum Gasteiger partial charge on any atom is 0.295 e. The van der Waals surface area contributed by atoms with Crippen LogP contribution in [0.1, 0.15) is 36.1 Å². The van der Waals surface area contributed by atoms with Gasteiger partial charge in [-0.3, -0.25) is 9.59 Å². The summed E-state index contributed by atoms with van der Waals surface area (Å²) in [7, 11) is 3.83. The molecule has 0 bridgehead atoms. The molecule has 0 spiro atoms. The fraction of sp³-hybridized carbons (Fsp3) is 0.360. The number of aliphatic hydroxyl groups is 1. The van der Waals surface area contributed by atoms with E-state index in [0.717, 1.165) is 22.0 Å². The van der Waals surface area contributed by atoms with Crippen LogP contribution in [0.3, 0.4) is 0 Å². The van der Waals surface area contributed by atoms with Gasteiger partial charge in [-0.25, -0.2) is 0 Å². The lowest BCUT2D eigenvalue weighted by Crippen LogP contribution is -2.35. The van der Waals surface area contributed by atoms with Crippen LogP contribution in [0.25, 0.3) is 5.76 Å². The first-order chi connectivity index (χ1) is 15.2. The van der Waals surface area contributed by atoms with Crippen LogP contribution in [-0.2, 0) is 9.59 Å². The maximum atomic E-state index is 13.1. The van der Waals surface area contributed by atoms with E-state index in [1.165, 1.54) is 0 Å². The van der Waals surface area contributed by atoms with Crippen molar-refractivity contribution in [2.45, 2.75) is 26.3 Å². The second-order valence-corrected chi connectivity index (χ2v) is 9.09. The fourth-order valence-electron chi connectivity index (χ4n) is 3.77. The average Bonchev–Trinajstić information content (AvgIpc) is 3.01. The first kappa shape index (κ1) is 24.0. The van der Waals surface area contributed by atoms with Gasteiger partial charge in [0.25, 0.3) is 11.7 Å². The molecule has 1 saturated heterocycles. The van der Waals surface area contributed by atoms with Crippen LogP contribution in [0.2, 0.25) is 0 Å². The molecule has 7 heteroatoms. The molecule has 6 nitrogen and oxygen atoms in total. The molecule has 3 rings (SSSR count). The lowest BCUT2D eigenvalue weighted by atomic mass is 9.94. The van der Waals surface area contributed by atoms with E-state index >= 15 is 0 Å². The Balaban J connectivity index is 2.10. The number of likely N-dealkylation sites (N-methyl/N-ethyl adjacent to an activating group) is 1. The van der Waals surface area contributed by atoms with Crippen molar-refractivity contribution >= 4 is 33.4 Å². The molecule has 1 amide bonds. The third kappa shape index (κ3) is 5.05. The normalized spacial score (nSPS) is 17.9. The highest BCUT2D eigenvalue weighted by molar-refractivity contribution is 9.10. The fourth-order valence-corrected chi connectivity index (χ4v) is 4.03. The standard InChI is InChI=1S/C25H29BrN2O4/c1-5-14-32-19-10-11-20(16(2)15-19)23(29)21-22(17-6-8-18(26)9-7-17)28(13-12-27(3)4)25(31)24(21)30/h6-11,15,22,29H,5,12-14H2,1-4H3/t22-/m0/s1. The minimum Gasteiger partial charge on any atom is -0.507 e. The number of rotatable bonds is 8. The molecule has 0 unspecified atom stereocenters. The molecule has 0 aromatic heterocycles. The van der Waals surface area contributed by atoms with Crippen molar-refractivity contribution in [3.63, 3.8) is 0 Å². The van der Waals surface area contributed by atoms with Gasteiger partial charge in [-0.1, -0.05) is 35.0 Å². The molecule has 1 aliphatic rings. The van der Waals surface area contributed by atoms with Gasteiger partial charge in [0.1, 0.15) is 11.5 Å². The minimum absolute atomic E-state index is 0.112. The summed E-state index contributed by atoms with van der Waals surface area (Å²) in [5, 5.41) is 11.3. The molecule has 2 aromatic rings. The van der Waals surface area contributed by atoms with E-state index in [9.17, 15) is 14.7 Å². The van der Waals surface area contributed by atoms with Gasteiger partial charge in [-0.15, -0.1) is 0 Å². The molecule has 1 atom stereocenters. The molecular weight excluding hydrogens is 472 g/mol. The summed E-state index contributed by atoms with van der Waals surface area (Å²) < 4.78 is 6.56. The Kier molecular flexibility index (Phi) is 7.74. The van der Waals surface area contributed by atoms with E-state index in [1.807, 2.05) is 63.2 Å². The molecule has 32 heavy (non-hydrogen) atoms. The number of carbonyl (C=O) groups is 2. The number of ether oxygens (including phenoxy) is 1. The van der Waals surface area contributed by atoms with Crippen LogP contribution >= 0.6 is 15.9 Å². The summed E-state index contributed by atoms with van der Waals surface area (Å²) in [6.07, 6.45) is 0.893. The number of likely N-dealkylation sites (tertiary alicyclic amines) is 1. The molecule has 1 heterocycles.